The Kier molecular flexibility index (Phi) is 4.86. The Morgan fingerprint density at radius 3 is 2.79 bits per heavy atom. The molecule has 0 spiro atoms. The SMILES string of the molecule is CCNCc1cn(CC(=O)N2CCN(C)CC2)nn1. The normalized spacial score (nSPS) is 16.8. The molecule has 1 amide bonds. The quantitative estimate of drug-likeness (QED) is 0.753. The summed E-state index contributed by atoms with van der Waals surface area (Å²) < 4.78 is 1.62. The van der Waals surface area contributed by atoms with E-state index >= 15 is 0 Å². The monoisotopic (exact) mass is 266 g/mol. The van der Waals surface area contributed by atoms with Crippen LogP contribution in [0.3, 0.4) is 0 Å². The molecule has 1 aliphatic rings. The molecule has 1 aromatic rings. The Labute approximate surface area is 113 Å². The minimum absolute atomic E-state index is 0.119. The van der Waals surface area contributed by atoms with Gasteiger partial charge in [0.2, 0.25) is 5.91 Å². The molecule has 7 nitrogen and oxygen atoms in total. The Balaban J connectivity index is 1.83. The van der Waals surface area contributed by atoms with Crippen LogP contribution in [0.4, 0.5) is 0 Å². The van der Waals surface area contributed by atoms with Gasteiger partial charge in [0.25, 0.3) is 0 Å². The van der Waals surface area contributed by atoms with Crippen LogP contribution >= 0.6 is 0 Å². The number of hydrogen-bond acceptors (Lipinski definition) is 5. The average Bonchev–Trinajstić information content (AvgIpc) is 2.84. The first-order valence-corrected chi connectivity index (χ1v) is 6.75. The van der Waals surface area contributed by atoms with Gasteiger partial charge >= 0.3 is 0 Å². The van der Waals surface area contributed by atoms with Crippen molar-refractivity contribution in [1.82, 2.24) is 30.1 Å². The van der Waals surface area contributed by atoms with Crippen LogP contribution < -0.4 is 5.32 Å². The van der Waals surface area contributed by atoms with Gasteiger partial charge in [0.1, 0.15) is 6.54 Å². The summed E-state index contributed by atoms with van der Waals surface area (Å²) in [6, 6.07) is 0. The Morgan fingerprint density at radius 1 is 1.37 bits per heavy atom. The lowest BCUT2D eigenvalue weighted by Gasteiger charge is -2.32. The maximum atomic E-state index is 12.1. The minimum atomic E-state index is 0.119. The van der Waals surface area contributed by atoms with Gasteiger partial charge in [-0.25, -0.2) is 4.68 Å². The largest absolute Gasteiger partial charge is 0.339 e. The lowest BCUT2D eigenvalue weighted by molar-refractivity contribution is -0.133. The van der Waals surface area contributed by atoms with E-state index in [-0.39, 0.29) is 12.5 Å². The first-order valence-electron chi connectivity index (χ1n) is 6.75. The van der Waals surface area contributed by atoms with Crippen LogP contribution in [0.2, 0.25) is 0 Å². The average molecular weight is 266 g/mol. The Hall–Kier alpha value is -1.47. The third kappa shape index (κ3) is 4.00. The van der Waals surface area contributed by atoms with Crippen molar-refractivity contribution in [1.29, 1.82) is 0 Å². The van der Waals surface area contributed by atoms with E-state index in [1.807, 2.05) is 18.0 Å². The second-order valence-corrected chi connectivity index (χ2v) is 4.87. The maximum absolute atomic E-state index is 12.1. The molecular formula is C12H22N6O. The van der Waals surface area contributed by atoms with Crippen LogP contribution in [0.5, 0.6) is 0 Å². The number of aromatic nitrogens is 3. The predicted octanol–water partition coefficient (Wildman–Crippen LogP) is -0.838. The van der Waals surface area contributed by atoms with Crippen LogP contribution in [-0.4, -0.2) is 70.5 Å². The highest BCUT2D eigenvalue weighted by molar-refractivity contribution is 5.76. The van der Waals surface area contributed by atoms with Crippen molar-refractivity contribution in [2.45, 2.75) is 20.0 Å². The van der Waals surface area contributed by atoms with Crippen molar-refractivity contribution in [2.24, 2.45) is 0 Å². The molecule has 19 heavy (non-hydrogen) atoms. The molecule has 1 aromatic heterocycles. The number of rotatable bonds is 5. The van der Waals surface area contributed by atoms with Crippen LogP contribution in [0.1, 0.15) is 12.6 Å². The van der Waals surface area contributed by atoms with Crippen molar-refractivity contribution < 1.29 is 4.79 Å². The van der Waals surface area contributed by atoms with Crippen LogP contribution in [0, 0.1) is 0 Å². The summed E-state index contributed by atoms with van der Waals surface area (Å²) in [4.78, 5) is 16.2. The molecule has 7 heteroatoms. The van der Waals surface area contributed by atoms with E-state index in [4.69, 9.17) is 0 Å². The first-order chi connectivity index (χ1) is 9.19. The van der Waals surface area contributed by atoms with Gasteiger partial charge < -0.3 is 15.1 Å². The van der Waals surface area contributed by atoms with Gasteiger partial charge in [-0.2, -0.15) is 0 Å². The fraction of sp³-hybridized carbons (Fsp3) is 0.750. The van der Waals surface area contributed by atoms with Gasteiger partial charge in [0.15, 0.2) is 0 Å². The van der Waals surface area contributed by atoms with Crippen LogP contribution in [-0.2, 0) is 17.9 Å². The number of piperazine rings is 1. The lowest BCUT2D eigenvalue weighted by Crippen LogP contribution is -2.48. The van der Waals surface area contributed by atoms with E-state index in [2.05, 4.69) is 27.6 Å². The summed E-state index contributed by atoms with van der Waals surface area (Å²) in [5.41, 5.74) is 0.869. The molecule has 1 aliphatic heterocycles. The topological polar surface area (TPSA) is 66.3 Å². The molecule has 1 N–H and O–H groups in total. The molecule has 0 radical (unpaired) electrons. The number of amides is 1. The second-order valence-electron chi connectivity index (χ2n) is 4.87. The highest BCUT2D eigenvalue weighted by Gasteiger charge is 2.19. The van der Waals surface area contributed by atoms with E-state index in [1.165, 1.54) is 0 Å². The van der Waals surface area contributed by atoms with Crippen LogP contribution in [0.25, 0.3) is 0 Å². The van der Waals surface area contributed by atoms with Crippen molar-refractivity contribution in [3.8, 4) is 0 Å². The summed E-state index contributed by atoms with van der Waals surface area (Å²) in [5.74, 6) is 0.119. The molecule has 0 saturated carbocycles. The van der Waals surface area contributed by atoms with E-state index in [0.29, 0.717) is 6.54 Å². The van der Waals surface area contributed by atoms with Crippen molar-refractivity contribution in [2.75, 3.05) is 39.8 Å². The first kappa shape index (κ1) is 14.0. The summed E-state index contributed by atoms with van der Waals surface area (Å²) in [7, 11) is 2.08. The third-order valence-corrected chi connectivity index (χ3v) is 3.30. The molecule has 106 valence electrons. The summed E-state index contributed by atoms with van der Waals surface area (Å²) >= 11 is 0. The molecule has 2 heterocycles. The molecule has 0 atom stereocenters. The smallest absolute Gasteiger partial charge is 0.244 e. The van der Waals surface area contributed by atoms with E-state index < -0.39 is 0 Å². The van der Waals surface area contributed by atoms with Gasteiger partial charge in [-0.3, -0.25) is 4.79 Å². The molecule has 0 aliphatic carbocycles. The molecule has 1 saturated heterocycles. The van der Waals surface area contributed by atoms with E-state index in [0.717, 1.165) is 38.4 Å². The standard InChI is InChI=1S/C12H22N6O/c1-3-13-8-11-9-18(15-14-11)10-12(19)17-6-4-16(2)5-7-17/h9,13H,3-8,10H2,1-2H3. The molecule has 2 rings (SSSR count). The van der Waals surface area contributed by atoms with Crippen molar-refractivity contribution in [3.05, 3.63) is 11.9 Å². The van der Waals surface area contributed by atoms with Crippen molar-refractivity contribution in [3.63, 3.8) is 0 Å². The number of likely N-dealkylation sites (N-methyl/N-ethyl adjacent to an activating group) is 1. The van der Waals surface area contributed by atoms with Crippen LogP contribution in [0.15, 0.2) is 6.20 Å². The summed E-state index contributed by atoms with van der Waals surface area (Å²) in [6.07, 6.45) is 1.83. The second kappa shape index (κ2) is 6.63. The number of hydrogen-bond donors (Lipinski definition) is 1. The summed E-state index contributed by atoms with van der Waals surface area (Å²) in [6.45, 7) is 7.39. The van der Waals surface area contributed by atoms with Gasteiger partial charge in [0, 0.05) is 32.7 Å². The minimum Gasteiger partial charge on any atom is -0.339 e. The van der Waals surface area contributed by atoms with E-state index in [1.54, 1.807) is 4.68 Å². The lowest BCUT2D eigenvalue weighted by atomic mass is 10.3. The number of carbonyl (C=O) groups is 1. The highest BCUT2D eigenvalue weighted by Crippen LogP contribution is 2.01. The molecule has 0 unspecified atom stereocenters. The zero-order chi connectivity index (χ0) is 13.7. The summed E-state index contributed by atoms with van der Waals surface area (Å²) in [5, 5.41) is 11.2. The maximum Gasteiger partial charge on any atom is 0.244 e. The van der Waals surface area contributed by atoms with E-state index in [9.17, 15) is 4.79 Å². The Bertz CT molecular complexity index is 410. The zero-order valence-corrected chi connectivity index (χ0v) is 11.7. The Morgan fingerprint density at radius 2 is 2.11 bits per heavy atom. The van der Waals surface area contributed by atoms with Gasteiger partial charge in [0.05, 0.1) is 11.9 Å². The zero-order valence-electron chi connectivity index (χ0n) is 11.7. The molecule has 1 fully saturated rings. The third-order valence-electron chi connectivity index (χ3n) is 3.30. The fourth-order valence-electron chi connectivity index (χ4n) is 2.04. The van der Waals surface area contributed by atoms with Gasteiger partial charge in [-0.15, -0.1) is 5.10 Å². The molecular weight excluding hydrogens is 244 g/mol. The highest BCUT2D eigenvalue weighted by atomic mass is 16.2. The number of nitrogens with zero attached hydrogens (tertiary/aromatic N) is 5. The van der Waals surface area contributed by atoms with Gasteiger partial charge in [-0.1, -0.05) is 12.1 Å². The molecule has 0 bridgehead atoms. The fourth-order valence-corrected chi connectivity index (χ4v) is 2.04. The van der Waals surface area contributed by atoms with Crippen molar-refractivity contribution >= 4 is 5.91 Å². The van der Waals surface area contributed by atoms with Gasteiger partial charge in [-0.05, 0) is 13.6 Å². The molecule has 0 aromatic carbocycles. The number of carbonyl (C=O) groups excluding carboxylic acids is 1. The predicted molar refractivity (Wildman–Crippen MR) is 71.5 cm³/mol. The number of nitrogens with one attached hydrogen (secondary N) is 1.